The summed E-state index contributed by atoms with van der Waals surface area (Å²) in [6, 6.07) is 9.47. The predicted molar refractivity (Wildman–Crippen MR) is 111 cm³/mol. The van der Waals surface area contributed by atoms with Crippen molar-refractivity contribution in [3.05, 3.63) is 52.0 Å². The summed E-state index contributed by atoms with van der Waals surface area (Å²) in [7, 11) is 0. The van der Waals surface area contributed by atoms with Crippen molar-refractivity contribution in [3.63, 3.8) is 0 Å². The van der Waals surface area contributed by atoms with Gasteiger partial charge in [-0.3, -0.25) is 10.4 Å². The lowest BCUT2D eigenvalue weighted by Crippen LogP contribution is -2.33. The molecular formula is C18H19Cl2N5O6. The number of rotatable bonds is 7. The molecule has 0 spiro atoms. The number of nitrogens with zero attached hydrogens (tertiary/aromatic N) is 3. The van der Waals surface area contributed by atoms with E-state index in [1.165, 1.54) is 18.2 Å². The van der Waals surface area contributed by atoms with Crippen LogP contribution in [-0.4, -0.2) is 52.6 Å². The Kier molecular flexibility index (Phi) is 7.74. The van der Waals surface area contributed by atoms with Crippen molar-refractivity contribution in [1.82, 2.24) is 15.6 Å². The van der Waals surface area contributed by atoms with E-state index in [2.05, 4.69) is 15.1 Å². The third-order valence-corrected chi connectivity index (χ3v) is 4.64. The van der Waals surface area contributed by atoms with Crippen molar-refractivity contribution in [2.45, 2.75) is 6.61 Å². The Bertz CT molecular complexity index is 951. The summed E-state index contributed by atoms with van der Waals surface area (Å²) in [5.74, 6) is 0.560. The van der Waals surface area contributed by atoms with Crippen molar-refractivity contribution in [2.24, 2.45) is 4.99 Å². The van der Waals surface area contributed by atoms with E-state index < -0.39 is 11.5 Å². The van der Waals surface area contributed by atoms with Gasteiger partial charge in [-0.05, 0) is 18.2 Å². The highest BCUT2D eigenvalue weighted by Crippen LogP contribution is 2.35. The van der Waals surface area contributed by atoms with Crippen LogP contribution in [0.2, 0.25) is 10.0 Å². The van der Waals surface area contributed by atoms with E-state index in [0.717, 1.165) is 0 Å². The predicted octanol–water partition coefficient (Wildman–Crippen LogP) is 3.15. The van der Waals surface area contributed by atoms with Crippen molar-refractivity contribution in [3.8, 4) is 5.75 Å². The molecule has 0 bridgehead atoms. The van der Waals surface area contributed by atoms with Crippen molar-refractivity contribution in [2.75, 3.05) is 25.6 Å². The first-order valence-corrected chi connectivity index (χ1v) is 9.64. The van der Waals surface area contributed by atoms with Gasteiger partial charge in [0.1, 0.15) is 18.0 Å². The van der Waals surface area contributed by atoms with Crippen LogP contribution < -0.4 is 15.8 Å². The topological polar surface area (TPSA) is 142 Å². The number of benzene rings is 2. The Morgan fingerprint density at radius 2 is 1.97 bits per heavy atom. The molecule has 2 aromatic carbocycles. The number of carbonyl (C=O) groups is 1. The van der Waals surface area contributed by atoms with Gasteiger partial charge in [0.2, 0.25) is 5.96 Å². The Labute approximate surface area is 187 Å². The number of ether oxygens (including phenoxy) is 2. The van der Waals surface area contributed by atoms with Crippen LogP contribution in [0.3, 0.4) is 0 Å². The van der Waals surface area contributed by atoms with Gasteiger partial charge in [0.25, 0.3) is 0 Å². The molecule has 1 fully saturated rings. The smallest absolute Gasteiger partial charge is 0.412 e. The van der Waals surface area contributed by atoms with Gasteiger partial charge in [0.15, 0.2) is 6.73 Å². The number of aliphatic imine (C=N–C) groups is 1. The molecule has 0 amide bonds. The molecule has 1 heterocycles. The molecule has 166 valence electrons. The Morgan fingerprint density at radius 1 is 1.26 bits per heavy atom. The van der Waals surface area contributed by atoms with E-state index in [9.17, 15) is 4.79 Å². The van der Waals surface area contributed by atoms with Crippen molar-refractivity contribution >= 4 is 46.7 Å². The number of carbonyl (C=O) groups excluding carboxylic acids is 1. The van der Waals surface area contributed by atoms with Crippen LogP contribution in [0, 0.1) is 0 Å². The van der Waals surface area contributed by atoms with Crippen LogP contribution >= 0.6 is 23.2 Å². The number of halogens is 2. The SMILES string of the molecule is Nc1cc(Cl)c(/N=C2\NCCN2COC(=O)Oc2ccccc2CON(O)O)c(Cl)c1. The maximum atomic E-state index is 12.1. The summed E-state index contributed by atoms with van der Waals surface area (Å²) >= 11 is 12.3. The van der Waals surface area contributed by atoms with E-state index in [1.54, 1.807) is 23.1 Å². The van der Waals surface area contributed by atoms with Crippen LogP contribution in [-0.2, 0) is 16.2 Å². The van der Waals surface area contributed by atoms with Gasteiger partial charge in [0, 0.05) is 24.3 Å². The second-order valence-electron chi connectivity index (χ2n) is 6.22. The Hall–Kier alpha value is -2.80. The van der Waals surface area contributed by atoms with Gasteiger partial charge < -0.3 is 25.4 Å². The van der Waals surface area contributed by atoms with E-state index in [0.29, 0.717) is 36.0 Å². The van der Waals surface area contributed by atoms with Gasteiger partial charge >= 0.3 is 6.16 Å². The van der Waals surface area contributed by atoms with Crippen molar-refractivity contribution in [1.29, 1.82) is 0 Å². The van der Waals surface area contributed by atoms with Crippen LogP contribution in [0.1, 0.15) is 5.56 Å². The number of anilines is 1. The third kappa shape index (κ3) is 6.34. The molecule has 0 aromatic heterocycles. The molecule has 31 heavy (non-hydrogen) atoms. The second kappa shape index (κ2) is 10.5. The number of nitrogens with one attached hydrogen (secondary N) is 1. The number of hydrogen-bond acceptors (Lipinski definition) is 9. The van der Waals surface area contributed by atoms with Crippen LogP contribution in [0.5, 0.6) is 5.75 Å². The molecule has 2 aromatic rings. The Morgan fingerprint density at radius 3 is 2.68 bits per heavy atom. The number of nitrogen functional groups attached to an aromatic ring is 1. The maximum absolute atomic E-state index is 12.1. The summed E-state index contributed by atoms with van der Waals surface area (Å²) in [5, 5.41) is 20.5. The van der Waals surface area contributed by atoms with E-state index in [1.807, 2.05) is 0 Å². The number of hydrogen-bond donors (Lipinski definition) is 4. The molecule has 1 aliphatic rings. The second-order valence-corrected chi connectivity index (χ2v) is 7.03. The number of para-hydroxylation sites is 1. The molecule has 0 aliphatic carbocycles. The molecular weight excluding hydrogens is 453 g/mol. The molecule has 0 radical (unpaired) electrons. The molecule has 13 heteroatoms. The quantitative estimate of drug-likeness (QED) is 0.205. The largest absolute Gasteiger partial charge is 0.515 e. The fourth-order valence-corrected chi connectivity index (χ4v) is 3.24. The van der Waals surface area contributed by atoms with Gasteiger partial charge in [-0.2, -0.15) is 0 Å². The lowest BCUT2D eigenvalue weighted by molar-refractivity contribution is -0.497. The molecule has 1 saturated heterocycles. The molecule has 0 atom stereocenters. The molecule has 3 rings (SSSR count). The zero-order chi connectivity index (χ0) is 22.4. The van der Waals surface area contributed by atoms with E-state index in [-0.39, 0.29) is 29.1 Å². The molecule has 1 aliphatic heterocycles. The zero-order valence-electron chi connectivity index (χ0n) is 16.0. The average molecular weight is 472 g/mol. The fourth-order valence-electron chi connectivity index (χ4n) is 2.65. The average Bonchev–Trinajstić information content (AvgIpc) is 3.15. The molecule has 11 nitrogen and oxygen atoms in total. The van der Waals surface area contributed by atoms with E-state index in [4.69, 9.17) is 48.8 Å². The van der Waals surface area contributed by atoms with Crippen molar-refractivity contribution < 1.29 is 29.5 Å². The summed E-state index contributed by atoms with van der Waals surface area (Å²) < 4.78 is 10.3. The lowest BCUT2D eigenvalue weighted by Gasteiger charge is -2.18. The highest BCUT2D eigenvalue weighted by Gasteiger charge is 2.21. The first kappa shape index (κ1) is 22.9. The standard InChI is InChI=1S/C18H19Cl2N5O6/c19-13-7-12(21)8-14(20)16(13)23-17-22-5-6-24(17)10-29-18(26)31-15-4-2-1-3-11(15)9-30-25(27)28/h1-4,7-8,27-28H,5-6,9-10,21H2,(H,22,23). The van der Waals surface area contributed by atoms with Gasteiger partial charge in [0.05, 0.1) is 15.4 Å². The molecule has 0 saturated carbocycles. The summed E-state index contributed by atoms with van der Waals surface area (Å²) in [6.07, 6.45) is -0.966. The molecule has 0 unspecified atom stereocenters. The Balaban J connectivity index is 1.62. The number of nitrogens with two attached hydrogens (primary N) is 1. The minimum Gasteiger partial charge on any atom is -0.412 e. The van der Waals surface area contributed by atoms with Gasteiger partial charge in [-0.25, -0.2) is 14.6 Å². The highest BCUT2D eigenvalue weighted by molar-refractivity contribution is 6.39. The number of guanidine groups is 1. The molecule has 5 N–H and O–H groups in total. The van der Waals surface area contributed by atoms with E-state index >= 15 is 0 Å². The zero-order valence-corrected chi connectivity index (χ0v) is 17.5. The maximum Gasteiger partial charge on any atom is 0.515 e. The monoisotopic (exact) mass is 471 g/mol. The minimum absolute atomic E-state index is 0.142. The normalized spacial score (nSPS) is 14.7. The summed E-state index contributed by atoms with van der Waals surface area (Å²) in [6.45, 7) is 0.699. The third-order valence-electron chi connectivity index (χ3n) is 4.06. The summed E-state index contributed by atoms with van der Waals surface area (Å²) in [4.78, 5) is 22.7. The van der Waals surface area contributed by atoms with Gasteiger partial charge in [-0.15, -0.1) is 0 Å². The highest BCUT2D eigenvalue weighted by atomic mass is 35.5. The van der Waals surface area contributed by atoms with Crippen LogP contribution in [0.25, 0.3) is 0 Å². The van der Waals surface area contributed by atoms with Crippen LogP contribution in [0.15, 0.2) is 41.4 Å². The fraction of sp³-hybridized carbons (Fsp3) is 0.222. The first-order chi connectivity index (χ1) is 14.8. The van der Waals surface area contributed by atoms with Crippen LogP contribution in [0.4, 0.5) is 16.2 Å². The lowest BCUT2D eigenvalue weighted by atomic mass is 10.2. The minimum atomic E-state index is -0.966. The summed E-state index contributed by atoms with van der Waals surface area (Å²) in [5.41, 5.74) is 6.85. The first-order valence-electron chi connectivity index (χ1n) is 8.89. The van der Waals surface area contributed by atoms with Gasteiger partial charge in [-0.1, -0.05) is 41.4 Å².